The summed E-state index contributed by atoms with van der Waals surface area (Å²) < 4.78 is 31.7. The minimum absolute atomic E-state index is 0.115. The zero-order chi connectivity index (χ0) is 18.6. The van der Waals surface area contributed by atoms with Crippen molar-refractivity contribution in [3.05, 3.63) is 50.7 Å². The van der Waals surface area contributed by atoms with Crippen molar-refractivity contribution in [3.8, 4) is 0 Å². The molecule has 1 saturated heterocycles. The van der Waals surface area contributed by atoms with Crippen LogP contribution >= 0.6 is 11.3 Å². The molecule has 3 rings (SSSR count). The Bertz CT molecular complexity index is 906. The summed E-state index contributed by atoms with van der Waals surface area (Å²) >= 11 is 1.47. The van der Waals surface area contributed by atoms with Crippen molar-refractivity contribution in [3.63, 3.8) is 0 Å². The molecule has 0 radical (unpaired) electrons. The highest BCUT2D eigenvalue weighted by Gasteiger charge is 2.28. The van der Waals surface area contributed by atoms with Crippen LogP contribution in [0.4, 0.5) is 11.4 Å². The number of morpholine rings is 1. The molecular formula is C15H16N4O5S2. The van der Waals surface area contributed by atoms with Crippen molar-refractivity contribution >= 4 is 38.9 Å². The van der Waals surface area contributed by atoms with E-state index in [1.165, 1.54) is 34.0 Å². The van der Waals surface area contributed by atoms with Gasteiger partial charge < -0.3 is 4.74 Å². The van der Waals surface area contributed by atoms with E-state index >= 15 is 0 Å². The first-order chi connectivity index (χ1) is 12.5. The highest BCUT2D eigenvalue weighted by atomic mass is 32.2. The summed E-state index contributed by atoms with van der Waals surface area (Å²) in [5, 5.41) is 17.2. The van der Waals surface area contributed by atoms with E-state index in [9.17, 15) is 18.5 Å². The number of hydrazone groups is 1. The van der Waals surface area contributed by atoms with Crippen molar-refractivity contribution in [1.29, 1.82) is 0 Å². The molecule has 0 unspecified atom stereocenters. The molecule has 1 fully saturated rings. The molecule has 0 saturated carbocycles. The van der Waals surface area contributed by atoms with Gasteiger partial charge in [-0.05, 0) is 23.6 Å². The second-order valence-corrected chi connectivity index (χ2v) is 8.26. The molecule has 2 heterocycles. The van der Waals surface area contributed by atoms with Crippen LogP contribution in [0.3, 0.4) is 0 Å². The molecular weight excluding hydrogens is 380 g/mol. The summed E-state index contributed by atoms with van der Waals surface area (Å²) in [6.07, 6.45) is 1.53. The number of rotatable bonds is 6. The van der Waals surface area contributed by atoms with Gasteiger partial charge in [-0.1, -0.05) is 6.07 Å². The highest BCUT2D eigenvalue weighted by molar-refractivity contribution is 7.89. The maximum atomic E-state index is 12.6. The number of nitro benzene ring substituents is 1. The van der Waals surface area contributed by atoms with Crippen LogP contribution in [0.1, 0.15) is 4.88 Å². The molecule has 0 atom stereocenters. The summed E-state index contributed by atoms with van der Waals surface area (Å²) in [4.78, 5) is 11.5. The van der Waals surface area contributed by atoms with E-state index in [-0.39, 0.29) is 29.4 Å². The fraction of sp³-hybridized carbons (Fsp3) is 0.267. The number of nitrogens with zero attached hydrogens (tertiary/aromatic N) is 3. The van der Waals surface area contributed by atoms with Gasteiger partial charge in [0.1, 0.15) is 5.69 Å². The Hall–Kier alpha value is -2.34. The van der Waals surface area contributed by atoms with Crippen LogP contribution in [0.25, 0.3) is 0 Å². The van der Waals surface area contributed by atoms with Gasteiger partial charge in [-0.25, -0.2) is 8.42 Å². The Morgan fingerprint density at radius 3 is 2.73 bits per heavy atom. The third-order valence-electron chi connectivity index (χ3n) is 3.69. The fourth-order valence-electron chi connectivity index (χ4n) is 2.38. The zero-order valence-electron chi connectivity index (χ0n) is 13.6. The van der Waals surface area contributed by atoms with Crippen LogP contribution in [0.5, 0.6) is 0 Å². The fourth-order valence-corrected chi connectivity index (χ4v) is 4.40. The average Bonchev–Trinajstić information content (AvgIpc) is 3.16. The first kappa shape index (κ1) is 18.5. The molecule has 1 aromatic carbocycles. The lowest BCUT2D eigenvalue weighted by atomic mass is 10.3. The predicted octanol–water partition coefficient (Wildman–Crippen LogP) is 2.12. The number of hydrogen-bond donors (Lipinski definition) is 1. The van der Waals surface area contributed by atoms with Crippen LogP contribution in [0.15, 0.2) is 45.7 Å². The number of hydrogen-bond acceptors (Lipinski definition) is 8. The Balaban J connectivity index is 1.85. The normalized spacial score (nSPS) is 16.0. The smallest absolute Gasteiger partial charge is 0.295 e. The van der Waals surface area contributed by atoms with Gasteiger partial charge in [0.15, 0.2) is 0 Å². The lowest BCUT2D eigenvalue weighted by molar-refractivity contribution is -0.384. The van der Waals surface area contributed by atoms with Crippen LogP contribution in [0, 0.1) is 10.1 Å². The van der Waals surface area contributed by atoms with Crippen molar-refractivity contribution in [2.45, 2.75) is 4.90 Å². The minimum atomic E-state index is -3.81. The summed E-state index contributed by atoms with van der Waals surface area (Å²) in [6, 6.07) is 7.44. The number of nitro groups is 1. The van der Waals surface area contributed by atoms with Crippen LogP contribution in [-0.2, 0) is 14.8 Å². The van der Waals surface area contributed by atoms with Crippen LogP contribution in [0.2, 0.25) is 0 Å². The van der Waals surface area contributed by atoms with Gasteiger partial charge in [-0.2, -0.15) is 9.41 Å². The van der Waals surface area contributed by atoms with Gasteiger partial charge in [-0.15, -0.1) is 11.3 Å². The second kappa shape index (κ2) is 7.91. The largest absolute Gasteiger partial charge is 0.379 e. The molecule has 138 valence electrons. The molecule has 9 nitrogen and oxygen atoms in total. The second-order valence-electron chi connectivity index (χ2n) is 5.34. The first-order valence-electron chi connectivity index (χ1n) is 7.67. The van der Waals surface area contributed by atoms with Crippen molar-refractivity contribution < 1.29 is 18.1 Å². The summed E-state index contributed by atoms with van der Waals surface area (Å²) in [7, 11) is -3.81. The SMILES string of the molecule is O=[N+]([O-])c1cc(S(=O)(=O)N2CCOCC2)ccc1N/N=C\c1cccs1. The van der Waals surface area contributed by atoms with E-state index in [2.05, 4.69) is 10.5 Å². The first-order valence-corrected chi connectivity index (χ1v) is 9.99. The molecule has 1 aromatic heterocycles. The molecule has 1 aliphatic rings. The Morgan fingerprint density at radius 1 is 1.31 bits per heavy atom. The van der Waals surface area contributed by atoms with Gasteiger partial charge in [0.05, 0.1) is 29.2 Å². The number of nitrogens with one attached hydrogen (secondary N) is 1. The Kier molecular flexibility index (Phi) is 5.61. The number of anilines is 1. The standard InChI is InChI=1S/C15H16N4O5S2/c20-19(21)15-10-13(26(22,23)18-5-7-24-8-6-18)3-4-14(15)17-16-11-12-2-1-9-25-12/h1-4,9-11,17H,5-8H2/b16-11-. The number of benzene rings is 1. The number of thiophene rings is 1. The van der Waals surface area contributed by atoms with Crippen LogP contribution < -0.4 is 5.43 Å². The molecule has 26 heavy (non-hydrogen) atoms. The quantitative estimate of drug-likeness (QED) is 0.454. The summed E-state index contributed by atoms with van der Waals surface area (Å²) in [5.41, 5.74) is 2.35. The highest BCUT2D eigenvalue weighted by Crippen LogP contribution is 2.29. The third-order valence-corrected chi connectivity index (χ3v) is 6.40. The maximum Gasteiger partial charge on any atom is 0.295 e. The zero-order valence-corrected chi connectivity index (χ0v) is 15.2. The predicted molar refractivity (Wildman–Crippen MR) is 98.2 cm³/mol. The minimum Gasteiger partial charge on any atom is -0.379 e. The van der Waals surface area contributed by atoms with E-state index in [0.29, 0.717) is 13.2 Å². The summed E-state index contributed by atoms with van der Waals surface area (Å²) in [5.74, 6) is 0. The molecule has 1 N–H and O–H groups in total. The molecule has 0 aliphatic carbocycles. The number of ether oxygens (including phenoxy) is 1. The van der Waals surface area contributed by atoms with Gasteiger partial charge >= 0.3 is 0 Å². The van der Waals surface area contributed by atoms with E-state index < -0.39 is 14.9 Å². The Morgan fingerprint density at radius 2 is 2.08 bits per heavy atom. The topological polar surface area (TPSA) is 114 Å². The van der Waals surface area contributed by atoms with Crippen molar-refractivity contribution in [2.75, 3.05) is 31.7 Å². The molecule has 2 aromatic rings. The van der Waals surface area contributed by atoms with Gasteiger partial charge in [0.25, 0.3) is 5.69 Å². The average molecular weight is 396 g/mol. The van der Waals surface area contributed by atoms with Gasteiger partial charge in [0.2, 0.25) is 10.0 Å². The monoisotopic (exact) mass is 396 g/mol. The van der Waals surface area contributed by atoms with Crippen molar-refractivity contribution in [2.24, 2.45) is 5.10 Å². The Labute approximate surface area is 154 Å². The van der Waals surface area contributed by atoms with Crippen LogP contribution in [-0.4, -0.2) is 50.2 Å². The lowest BCUT2D eigenvalue weighted by Gasteiger charge is -2.26. The van der Waals surface area contributed by atoms with E-state index in [0.717, 1.165) is 10.9 Å². The van der Waals surface area contributed by atoms with E-state index in [1.807, 2.05) is 17.5 Å². The maximum absolute atomic E-state index is 12.6. The van der Waals surface area contributed by atoms with Crippen molar-refractivity contribution in [1.82, 2.24) is 4.31 Å². The van der Waals surface area contributed by atoms with Gasteiger partial charge in [-0.3, -0.25) is 15.5 Å². The van der Waals surface area contributed by atoms with E-state index in [4.69, 9.17) is 4.74 Å². The third kappa shape index (κ3) is 4.07. The lowest BCUT2D eigenvalue weighted by Crippen LogP contribution is -2.40. The molecule has 11 heteroatoms. The molecule has 0 spiro atoms. The van der Waals surface area contributed by atoms with Gasteiger partial charge in [0, 0.05) is 24.0 Å². The van der Waals surface area contributed by atoms with E-state index in [1.54, 1.807) is 0 Å². The number of sulfonamides is 1. The molecule has 1 aliphatic heterocycles. The summed E-state index contributed by atoms with van der Waals surface area (Å²) in [6.45, 7) is 1.05. The molecule has 0 amide bonds. The molecule has 0 bridgehead atoms.